The molecule has 0 saturated heterocycles. The molecule has 0 aliphatic rings. The van der Waals surface area contributed by atoms with Gasteiger partial charge in [0.1, 0.15) is 12.4 Å². The standard InChI is InChI=1S/C15H12BrClO3/c1-19-15(18)12-5-3-2-4-10(12)9-20-14-8-11(16)6-7-13(14)17/h2-8H,9H2,1H3. The van der Waals surface area contributed by atoms with Crippen LogP contribution in [0.25, 0.3) is 0 Å². The first-order chi connectivity index (χ1) is 9.61. The highest BCUT2D eigenvalue weighted by Gasteiger charge is 2.12. The first-order valence-electron chi connectivity index (χ1n) is 5.86. The van der Waals surface area contributed by atoms with Gasteiger partial charge in [0.05, 0.1) is 17.7 Å². The van der Waals surface area contributed by atoms with Crippen molar-refractivity contribution in [2.75, 3.05) is 7.11 Å². The molecule has 0 aliphatic carbocycles. The number of hydrogen-bond acceptors (Lipinski definition) is 3. The van der Waals surface area contributed by atoms with E-state index in [9.17, 15) is 4.79 Å². The van der Waals surface area contributed by atoms with Crippen LogP contribution in [0.1, 0.15) is 15.9 Å². The highest BCUT2D eigenvalue weighted by molar-refractivity contribution is 9.10. The quantitative estimate of drug-likeness (QED) is 0.759. The second kappa shape index (κ2) is 6.77. The van der Waals surface area contributed by atoms with Gasteiger partial charge in [0.25, 0.3) is 0 Å². The minimum Gasteiger partial charge on any atom is -0.487 e. The summed E-state index contributed by atoms with van der Waals surface area (Å²) in [5.41, 5.74) is 1.23. The fraction of sp³-hybridized carbons (Fsp3) is 0.133. The predicted octanol–water partition coefficient (Wildman–Crippen LogP) is 4.47. The van der Waals surface area contributed by atoms with Gasteiger partial charge < -0.3 is 9.47 Å². The van der Waals surface area contributed by atoms with Crippen LogP contribution in [0, 0.1) is 0 Å². The van der Waals surface area contributed by atoms with Crippen molar-refractivity contribution in [3.63, 3.8) is 0 Å². The Morgan fingerprint density at radius 1 is 1.25 bits per heavy atom. The third-order valence-corrected chi connectivity index (χ3v) is 3.50. The van der Waals surface area contributed by atoms with Gasteiger partial charge in [0.15, 0.2) is 0 Å². The van der Waals surface area contributed by atoms with Crippen molar-refractivity contribution < 1.29 is 14.3 Å². The fourth-order valence-electron chi connectivity index (χ4n) is 1.70. The van der Waals surface area contributed by atoms with Crippen LogP contribution in [0.4, 0.5) is 0 Å². The second-order valence-corrected chi connectivity index (χ2v) is 5.34. The summed E-state index contributed by atoms with van der Waals surface area (Å²) in [4.78, 5) is 11.7. The summed E-state index contributed by atoms with van der Waals surface area (Å²) in [6.45, 7) is 0.238. The highest BCUT2D eigenvalue weighted by Crippen LogP contribution is 2.28. The third kappa shape index (κ3) is 3.52. The summed E-state index contributed by atoms with van der Waals surface area (Å²) >= 11 is 9.41. The molecule has 2 rings (SSSR count). The molecule has 0 saturated carbocycles. The number of ether oxygens (including phenoxy) is 2. The topological polar surface area (TPSA) is 35.5 Å². The third-order valence-electron chi connectivity index (χ3n) is 2.70. The summed E-state index contributed by atoms with van der Waals surface area (Å²) in [6, 6.07) is 12.5. The Kier molecular flexibility index (Phi) is 5.04. The first-order valence-corrected chi connectivity index (χ1v) is 7.03. The highest BCUT2D eigenvalue weighted by atomic mass is 79.9. The monoisotopic (exact) mass is 354 g/mol. The molecule has 0 N–H and O–H groups in total. The lowest BCUT2D eigenvalue weighted by Gasteiger charge is -2.11. The van der Waals surface area contributed by atoms with E-state index in [2.05, 4.69) is 15.9 Å². The summed E-state index contributed by atoms with van der Waals surface area (Å²) < 4.78 is 11.3. The summed E-state index contributed by atoms with van der Waals surface area (Å²) in [5.74, 6) is 0.172. The van der Waals surface area contributed by atoms with Crippen molar-refractivity contribution in [2.45, 2.75) is 6.61 Å². The van der Waals surface area contributed by atoms with Crippen molar-refractivity contribution in [1.82, 2.24) is 0 Å². The maximum absolute atomic E-state index is 11.7. The van der Waals surface area contributed by atoms with E-state index >= 15 is 0 Å². The molecule has 0 fully saturated rings. The van der Waals surface area contributed by atoms with Crippen LogP contribution in [-0.2, 0) is 11.3 Å². The lowest BCUT2D eigenvalue weighted by atomic mass is 10.1. The maximum atomic E-state index is 11.7. The molecule has 2 aromatic carbocycles. The van der Waals surface area contributed by atoms with E-state index in [-0.39, 0.29) is 12.6 Å². The van der Waals surface area contributed by atoms with Crippen molar-refractivity contribution in [1.29, 1.82) is 0 Å². The van der Waals surface area contributed by atoms with E-state index in [1.807, 2.05) is 18.2 Å². The molecule has 0 amide bonds. The number of methoxy groups -OCH3 is 1. The molecule has 0 unspecified atom stereocenters. The number of halogens is 2. The van der Waals surface area contributed by atoms with Gasteiger partial charge in [-0.2, -0.15) is 0 Å². The zero-order valence-electron chi connectivity index (χ0n) is 10.7. The van der Waals surface area contributed by atoms with Crippen molar-refractivity contribution >= 4 is 33.5 Å². The lowest BCUT2D eigenvalue weighted by molar-refractivity contribution is 0.0598. The van der Waals surface area contributed by atoms with E-state index in [1.165, 1.54) is 7.11 Å². The molecule has 0 atom stereocenters. The maximum Gasteiger partial charge on any atom is 0.338 e. The van der Waals surface area contributed by atoms with E-state index in [1.54, 1.807) is 24.3 Å². The molecule has 2 aromatic rings. The molecule has 104 valence electrons. The Labute approximate surface area is 130 Å². The number of carbonyl (C=O) groups excluding carboxylic acids is 1. The van der Waals surface area contributed by atoms with Crippen LogP contribution >= 0.6 is 27.5 Å². The van der Waals surface area contributed by atoms with Gasteiger partial charge >= 0.3 is 5.97 Å². The fourth-order valence-corrected chi connectivity index (χ4v) is 2.21. The minimum absolute atomic E-state index is 0.238. The Balaban J connectivity index is 2.19. The molecule has 3 nitrogen and oxygen atoms in total. The Morgan fingerprint density at radius 3 is 2.75 bits per heavy atom. The van der Waals surface area contributed by atoms with Gasteiger partial charge in [-0.3, -0.25) is 0 Å². The van der Waals surface area contributed by atoms with E-state index in [0.717, 1.165) is 10.0 Å². The van der Waals surface area contributed by atoms with Crippen LogP contribution in [0.2, 0.25) is 5.02 Å². The van der Waals surface area contributed by atoms with Gasteiger partial charge in [0.2, 0.25) is 0 Å². The van der Waals surface area contributed by atoms with Crippen molar-refractivity contribution in [2.24, 2.45) is 0 Å². The number of hydrogen-bond donors (Lipinski definition) is 0. The average Bonchev–Trinajstić information content (AvgIpc) is 2.47. The van der Waals surface area contributed by atoms with Gasteiger partial charge in [-0.05, 0) is 24.3 Å². The van der Waals surface area contributed by atoms with Crippen molar-refractivity contribution in [3.8, 4) is 5.75 Å². The molecular weight excluding hydrogens is 344 g/mol. The molecule has 0 aliphatic heterocycles. The van der Waals surface area contributed by atoms with Crippen molar-refractivity contribution in [3.05, 3.63) is 63.1 Å². The van der Waals surface area contributed by atoms with Crippen LogP contribution in [0.15, 0.2) is 46.9 Å². The van der Waals surface area contributed by atoms with Gasteiger partial charge in [0, 0.05) is 10.0 Å². The van der Waals surface area contributed by atoms with E-state index in [4.69, 9.17) is 21.1 Å². The van der Waals surface area contributed by atoms with Crippen LogP contribution in [-0.4, -0.2) is 13.1 Å². The van der Waals surface area contributed by atoms with Crippen LogP contribution < -0.4 is 4.74 Å². The van der Waals surface area contributed by atoms with Gasteiger partial charge in [-0.15, -0.1) is 0 Å². The number of esters is 1. The normalized spacial score (nSPS) is 10.2. The zero-order valence-corrected chi connectivity index (χ0v) is 13.1. The number of carbonyl (C=O) groups is 1. The molecule has 0 radical (unpaired) electrons. The molecule has 0 heterocycles. The van der Waals surface area contributed by atoms with Crippen LogP contribution in [0.5, 0.6) is 5.75 Å². The SMILES string of the molecule is COC(=O)c1ccccc1COc1cc(Br)ccc1Cl. The number of rotatable bonds is 4. The van der Waals surface area contributed by atoms with Crippen LogP contribution in [0.3, 0.4) is 0 Å². The van der Waals surface area contributed by atoms with E-state index < -0.39 is 0 Å². The first kappa shape index (κ1) is 14.9. The smallest absolute Gasteiger partial charge is 0.338 e. The summed E-state index contributed by atoms with van der Waals surface area (Å²) in [5, 5.41) is 0.517. The minimum atomic E-state index is -0.385. The molecule has 5 heteroatoms. The second-order valence-electron chi connectivity index (χ2n) is 4.01. The summed E-state index contributed by atoms with van der Waals surface area (Å²) in [7, 11) is 1.35. The summed E-state index contributed by atoms with van der Waals surface area (Å²) in [6.07, 6.45) is 0. The lowest BCUT2D eigenvalue weighted by Crippen LogP contribution is -2.07. The Morgan fingerprint density at radius 2 is 2.00 bits per heavy atom. The molecule has 20 heavy (non-hydrogen) atoms. The zero-order chi connectivity index (χ0) is 14.5. The molecule has 0 bridgehead atoms. The average molecular weight is 356 g/mol. The number of benzene rings is 2. The Hall–Kier alpha value is -1.52. The molecular formula is C15H12BrClO3. The largest absolute Gasteiger partial charge is 0.487 e. The van der Waals surface area contributed by atoms with Gasteiger partial charge in [-0.1, -0.05) is 45.7 Å². The van der Waals surface area contributed by atoms with E-state index in [0.29, 0.717) is 16.3 Å². The predicted molar refractivity (Wildman–Crippen MR) is 81.3 cm³/mol. The van der Waals surface area contributed by atoms with Gasteiger partial charge in [-0.25, -0.2) is 4.79 Å². The Bertz CT molecular complexity index is 628. The molecule has 0 spiro atoms. The molecule has 0 aromatic heterocycles.